The smallest absolute Gasteiger partial charge is 0.407 e. The first-order chi connectivity index (χ1) is 19.9. The fraction of sp³-hybridized carbons (Fsp3) is 0.481. The van der Waals surface area contributed by atoms with Crippen molar-refractivity contribution in [3.63, 3.8) is 0 Å². The zero-order valence-corrected chi connectivity index (χ0v) is 24.6. The van der Waals surface area contributed by atoms with E-state index >= 15 is 4.39 Å². The number of carbonyl (C=O) groups excluding carboxylic acids is 2. The molecular formula is C27H38FN9O5. The summed E-state index contributed by atoms with van der Waals surface area (Å²) in [6, 6.07) is 1.76. The number of ether oxygens (including phenoxy) is 3. The van der Waals surface area contributed by atoms with Gasteiger partial charge in [-0.15, -0.1) is 4.80 Å². The normalized spacial score (nSPS) is 12.7. The number of nitrogens with one attached hydrogen (secondary N) is 3. The Balaban J connectivity index is 1.91. The van der Waals surface area contributed by atoms with Crippen LogP contribution in [0.2, 0.25) is 0 Å². The largest absolute Gasteiger partial charge is 0.474 e. The number of rotatable bonds is 14. The summed E-state index contributed by atoms with van der Waals surface area (Å²) in [5.41, 5.74) is 5.47. The molecule has 0 bridgehead atoms. The van der Waals surface area contributed by atoms with E-state index in [2.05, 4.69) is 36.1 Å². The van der Waals surface area contributed by atoms with E-state index in [0.29, 0.717) is 24.4 Å². The Bertz CT molecular complexity index is 1350. The lowest BCUT2D eigenvalue weighted by Crippen LogP contribution is -2.46. The fourth-order valence-electron chi connectivity index (χ4n) is 3.86. The van der Waals surface area contributed by atoms with Gasteiger partial charge < -0.3 is 35.9 Å². The number of methoxy groups -OCH3 is 1. The molecule has 0 spiro atoms. The van der Waals surface area contributed by atoms with E-state index in [0.717, 1.165) is 12.5 Å². The highest BCUT2D eigenvalue weighted by Gasteiger charge is 2.25. The topological polar surface area (TPSA) is 180 Å². The SMILES string of the molecule is CCC[C@@H](Nc1nc(Nc2cnc(OCCOC)c(-n3nccn3)c2)c(C(N)=O)cc1F)[C@H](C)NC(=O)OC(C)(C)C. The third-order valence-electron chi connectivity index (χ3n) is 5.77. The lowest BCUT2D eigenvalue weighted by Gasteiger charge is -2.28. The summed E-state index contributed by atoms with van der Waals surface area (Å²) in [6.07, 6.45) is 5.16. The predicted octanol–water partition coefficient (Wildman–Crippen LogP) is 3.56. The minimum Gasteiger partial charge on any atom is -0.474 e. The number of aromatic nitrogens is 5. The van der Waals surface area contributed by atoms with Crippen molar-refractivity contribution < 1.29 is 28.2 Å². The molecule has 0 aliphatic carbocycles. The van der Waals surface area contributed by atoms with Gasteiger partial charge in [-0.05, 0) is 46.2 Å². The van der Waals surface area contributed by atoms with Gasteiger partial charge in [0.25, 0.3) is 5.91 Å². The van der Waals surface area contributed by atoms with Gasteiger partial charge in [0, 0.05) is 19.2 Å². The monoisotopic (exact) mass is 587 g/mol. The standard InChI is InChI=1S/C27H38FN9O5/c1-7-8-20(16(2)33-26(39)42-27(3,4)5)35-24-19(28)14-18(22(29)38)23(36-24)34-17-13-21(37-31-9-10-32-37)25(30-15-17)41-12-11-40-6/h9-10,13-16,20H,7-8,11-12H2,1-6H3,(H2,29,38)(H,33,39)(H2,34,35,36)/t16-,20+/m0/s1. The molecule has 14 nitrogen and oxygen atoms in total. The average Bonchev–Trinajstić information content (AvgIpc) is 3.44. The van der Waals surface area contributed by atoms with Crippen molar-refractivity contribution >= 4 is 29.3 Å². The minimum atomic E-state index is -0.887. The summed E-state index contributed by atoms with van der Waals surface area (Å²) in [7, 11) is 1.55. The number of hydrogen-bond donors (Lipinski definition) is 4. The van der Waals surface area contributed by atoms with Crippen molar-refractivity contribution in [3.8, 4) is 11.6 Å². The summed E-state index contributed by atoms with van der Waals surface area (Å²) >= 11 is 0. The van der Waals surface area contributed by atoms with Gasteiger partial charge in [-0.3, -0.25) is 4.79 Å². The Hall–Kier alpha value is -4.53. The molecule has 2 atom stereocenters. The minimum absolute atomic E-state index is 0.0105. The first-order valence-corrected chi connectivity index (χ1v) is 13.4. The van der Waals surface area contributed by atoms with E-state index in [9.17, 15) is 9.59 Å². The summed E-state index contributed by atoms with van der Waals surface area (Å²) in [4.78, 5) is 34.6. The van der Waals surface area contributed by atoms with Crippen LogP contribution in [0.15, 0.2) is 30.7 Å². The van der Waals surface area contributed by atoms with Gasteiger partial charge in [0.15, 0.2) is 11.6 Å². The highest BCUT2D eigenvalue weighted by molar-refractivity contribution is 5.98. The highest BCUT2D eigenvalue weighted by atomic mass is 19.1. The number of primary amides is 1. The maximum atomic E-state index is 15.2. The predicted molar refractivity (Wildman–Crippen MR) is 154 cm³/mol. The Kier molecular flexibility index (Phi) is 11.0. The van der Waals surface area contributed by atoms with Gasteiger partial charge >= 0.3 is 6.09 Å². The highest BCUT2D eigenvalue weighted by Crippen LogP contribution is 2.28. The molecule has 3 heterocycles. The quantitative estimate of drug-likeness (QED) is 0.203. The van der Waals surface area contributed by atoms with Crippen LogP contribution in [-0.4, -0.2) is 75.0 Å². The van der Waals surface area contributed by atoms with E-state index < -0.39 is 35.5 Å². The van der Waals surface area contributed by atoms with Crippen molar-refractivity contribution in [2.75, 3.05) is 31.0 Å². The van der Waals surface area contributed by atoms with Crippen LogP contribution < -0.4 is 26.4 Å². The molecule has 15 heteroatoms. The van der Waals surface area contributed by atoms with Crippen LogP contribution >= 0.6 is 0 Å². The Labute approximate surface area is 243 Å². The number of hydrogen-bond acceptors (Lipinski definition) is 11. The molecule has 0 saturated carbocycles. The number of alkyl carbamates (subject to hydrolysis) is 1. The van der Waals surface area contributed by atoms with Gasteiger partial charge in [0.05, 0.1) is 36.4 Å². The van der Waals surface area contributed by atoms with Crippen LogP contribution in [0, 0.1) is 5.82 Å². The van der Waals surface area contributed by atoms with E-state index in [1.165, 1.54) is 23.4 Å². The van der Waals surface area contributed by atoms with E-state index in [4.69, 9.17) is 19.9 Å². The zero-order valence-electron chi connectivity index (χ0n) is 24.6. The second-order valence-corrected chi connectivity index (χ2v) is 10.4. The molecule has 0 radical (unpaired) electrons. The van der Waals surface area contributed by atoms with Gasteiger partial charge in [-0.2, -0.15) is 10.2 Å². The van der Waals surface area contributed by atoms with Crippen LogP contribution in [-0.2, 0) is 9.47 Å². The number of amides is 2. The molecule has 0 saturated heterocycles. The molecule has 0 aromatic carbocycles. The summed E-state index contributed by atoms with van der Waals surface area (Å²) in [5, 5.41) is 17.1. The fourth-order valence-corrected chi connectivity index (χ4v) is 3.86. The molecule has 0 aliphatic rings. The summed E-state index contributed by atoms with van der Waals surface area (Å²) < 4.78 is 31.3. The molecule has 0 aliphatic heterocycles. The molecule has 3 rings (SSSR count). The molecule has 0 fully saturated rings. The Morgan fingerprint density at radius 3 is 2.48 bits per heavy atom. The van der Waals surface area contributed by atoms with E-state index in [-0.39, 0.29) is 29.7 Å². The molecule has 5 N–H and O–H groups in total. The number of pyridine rings is 2. The first kappa shape index (κ1) is 32.0. The Morgan fingerprint density at radius 1 is 1.14 bits per heavy atom. The van der Waals surface area contributed by atoms with Crippen LogP contribution in [0.4, 0.5) is 26.5 Å². The number of carbonyl (C=O) groups is 2. The van der Waals surface area contributed by atoms with Crippen LogP contribution in [0.5, 0.6) is 5.88 Å². The Morgan fingerprint density at radius 2 is 1.86 bits per heavy atom. The molecule has 228 valence electrons. The molecule has 0 unspecified atom stereocenters. The number of nitrogens with two attached hydrogens (primary N) is 1. The van der Waals surface area contributed by atoms with Gasteiger partial charge in [0.1, 0.15) is 23.7 Å². The number of halogens is 1. The third kappa shape index (κ3) is 8.99. The lowest BCUT2D eigenvalue weighted by molar-refractivity contribution is 0.0502. The first-order valence-electron chi connectivity index (χ1n) is 13.4. The summed E-state index contributed by atoms with van der Waals surface area (Å²) in [6.45, 7) is 9.61. The van der Waals surface area contributed by atoms with Crippen LogP contribution in [0.3, 0.4) is 0 Å². The van der Waals surface area contributed by atoms with Crippen molar-refractivity contribution in [3.05, 3.63) is 42.1 Å². The molecule has 3 aromatic rings. The second-order valence-electron chi connectivity index (χ2n) is 10.4. The van der Waals surface area contributed by atoms with Gasteiger partial charge in [0.2, 0.25) is 5.88 Å². The molecule has 3 aromatic heterocycles. The van der Waals surface area contributed by atoms with Gasteiger partial charge in [-0.25, -0.2) is 19.2 Å². The maximum absolute atomic E-state index is 15.2. The van der Waals surface area contributed by atoms with Gasteiger partial charge in [-0.1, -0.05) is 13.3 Å². The van der Waals surface area contributed by atoms with Crippen molar-refractivity contribution in [1.82, 2.24) is 30.3 Å². The second kappa shape index (κ2) is 14.4. The lowest BCUT2D eigenvalue weighted by atomic mass is 10.0. The molecular weight excluding hydrogens is 549 g/mol. The zero-order chi connectivity index (χ0) is 30.9. The molecule has 42 heavy (non-hydrogen) atoms. The maximum Gasteiger partial charge on any atom is 0.407 e. The van der Waals surface area contributed by atoms with E-state index in [1.54, 1.807) is 40.9 Å². The number of nitrogens with zero attached hydrogens (tertiary/aromatic N) is 5. The van der Waals surface area contributed by atoms with Crippen LogP contribution in [0.25, 0.3) is 5.69 Å². The average molecular weight is 588 g/mol. The molecule has 2 amide bonds. The van der Waals surface area contributed by atoms with Crippen molar-refractivity contribution in [1.29, 1.82) is 0 Å². The van der Waals surface area contributed by atoms with Crippen LogP contribution in [0.1, 0.15) is 57.8 Å². The van der Waals surface area contributed by atoms with Crippen molar-refractivity contribution in [2.24, 2.45) is 5.73 Å². The number of anilines is 3. The van der Waals surface area contributed by atoms with E-state index in [1.807, 2.05) is 6.92 Å². The van der Waals surface area contributed by atoms with Crippen molar-refractivity contribution in [2.45, 2.75) is 65.1 Å². The third-order valence-corrected chi connectivity index (χ3v) is 5.77. The summed E-state index contributed by atoms with van der Waals surface area (Å²) in [5.74, 6) is -1.58.